The van der Waals surface area contributed by atoms with Crippen LogP contribution >= 0.6 is 0 Å². The van der Waals surface area contributed by atoms with Gasteiger partial charge in [0.15, 0.2) is 0 Å². The van der Waals surface area contributed by atoms with Gasteiger partial charge in [-0.2, -0.15) is 0 Å². The number of hydrazine groups is 1. The second kappa shape index (κ2) is 4.11. The van der Waals surface area contributed by atoms with Crippen molar-refractivity contribution in [1.82, 2.24) is 5.43 Å². The molecule has 14 heavy (non-hydrogen) atoms. The van der Waals surface area contributed by atoms with Crippen molar-refractivity contribution in [3.8, 4) is 0 Å². The maximum atomic E-state index is 5.34. The highest BCUT2D eigenvalue weighted by Crippen LogP contribution is 2.17. The van der Waals surface area contributed by atoms with Crippen LogP contribution in [0.5, 0.6) is 0 Å². The monoisotopic (exact) mass is 190 g/mol. The summed E-state index contributed by atoms with van der Waals surface area (Å²) in [7, 11) is 0. The van der Waals surface area contributed by atoms with Gasteiger partial charge in [0.05, 0.1) is 0 Å². The van der Waals surface area contributed by atoms with Crippen molar-refractivity contribution in [2.24, 2.45) is 10.8 Å². The van der Waals surface area contributed by atoms with Crippen molar-refractivity contribution in [1.29, 1.82) is 0 Å². The fraction of sp³-hybridized carbons (Fsp3) is 0.300. The largest absolute Gasteiger partial charge is 0.325 e. The van der Waals surface area contributed by atoms with E-state index in [0.29, 0.717) is 5.96 Å². The number of nitrogens with two attached hydrogens (primary N) is 1. The minimum atomic E-state index is 0.636. The zero-order valence-electron chi connectivity index (χ0n) is 7.96. The average Bonchev–Trinajstić information content (AvgIpc) is 2.19. The molecule has 0 aromatic heterocycles. The quantitative estimate of drug-likeness (QED) is 0.420. The molecule has 0 unspecified atom stereocenters. The molecule has 4 N–H and O–H groups in total. The normalized spacial score (nSPS) is 15.6. The first-order valence-electron chi connectivity index (χ1n) is 4.76. The van der Waals surface area contributed by atoms with Gasteiger partial charge in [0.1, 0.15) is 0 Å². The zero-order chi connectivity index (χ0) is 9.80. The van der Waals surface area contributed by atoms with Crippen LogP contribution in [0.2, 0.25) is 0 Å². The van der Waals surface area contributed by atoms with E-state index in [1.165, 1.54) is 5.56 Å². The van der Waals surface area contributed by atoms with Crippen molar-refractivity contribution in [2.75, 3.05) is 11.9 Å². The molecule has 0 bridgehead atoms. The number of rotatable bonds is 0. The molecule has 0 spiro atoms. The van der Waals surface area contributed by atoms with Crippen LogP contribution in [-0.4, -0.2) is 12.5 Å². The highest BCUT2D eigenvalue weighted by molar-refractivity contribution is 5.94. The second-order valence-corrected chi connectivity index (χ2v) is 3.26. The summed E-state index contributed by atoms with van der Waals surface area (Å²) < 4.78 is 0. The minimum absolute atomic E-state index is 0.636. The molecule has 0 radical (unpaired) electrons. The van der Waals surface area contributed by atoms with Crippen molar-refractivity contribution in [2.45, 2.75) is 12.8 Å². The third-order valence-corrected chi connectivity index (χ3v) is 2.28. The minimum Gasteiger partial charge on any atom is -0.325 e. The van der Waals surface area contributed by atoms with Gasteiger partial charge in [-0.1, -0.05) is 18.2 Å². The van der Waals surface area contributed by atoms with E-state index < -0.39 is 0 Å². The average molecular weight is 190 g/mol. The summed E-state index contributed by atoms with van der Waals surface area (Å²) in [6.45, 7) is 0.806. The molecule has 2 rings (SSSR count). The van der Waals surface area contributed by atoms with Crippen molar-refractivity contribution < 1.29 is 0 Å². The van der Waals surface area contributed by atoms with Gasteiger partial charge in [-0.25, -0.2) is 5.84 Å². The lowest BCUT2D eigenvalue weighted by atomic mass is 10.1. The number of aliphatic imine (C=N–C) groups is 1. The Morgan fingerprint density at radius 3 is 3.07 bits per heavy atom. The molecule has 0 saturated carbocycles. The van der Waals surface area contributed by atoms with Crippen LogP contribution in [0.25, 0.3) is 0 Å². The SMILES string of the molecule is NNC1=NCCCc2ccccc2N1. The molecule has 4 heteroatoms. The molecule has 1 heterocycles. The highest BCUT2D eigenvalue weighted by Gasteiger charge is 2.06. The van der Waals surface area contributed by atoms with Crippen LogP contribution in [0.15, 0.2) is 29.3 Å². The second-order valence-electron chi connectivity index (χ2n) is 3.26. The molecule has 1 aliphatic heterocycles. The number of para-hydroxylation sites is 1. The van der Waals surface area contributed by atoms with E-state index in [2.05, 4.69) is 27.9 Å². The first-order valence-corrected chi connectivity index (χ1v) is 4.76. The zero-order valence-corrected chi connectivity index (χ0v) is 7.96. The van der Waals surface area contributed by atoms with Gasteiger partial charge < -0.3 is 5.32 Å². The lowest BCUT2D eigenvalue weighted by molar-refractivity contribution is 0.818. The summed E-state index contributed by atoms with van der Waals surface area (Å²) in [5.74, 6) is 5.97. The maximum absolute atomic E-state index is 5.34. The maximum Gasteiger partial charge on any atom is 0.210 e. The first kappa shape index (κ1) is 9.02. The van der Waals surface area contributed by atoms with Crippen molar-refractivity contribution in [3.63, 3.8) is 0 Å². The molecule has 0 saturated heterocycles. The number of fused-ring (bicyclic) bond motifs is 1. The summed E-state index contributed by atoms with van der Waals surface area (Å²) >= 11 is 0. The Kier molecular flexibility index (Phi) is 2.65. The van der Waals surface area contributed by atoms with E-state index in [4.69, 9.17) is 5.84 Å². The van der Waals surface area contributed by atoms with Gasteiger partial charge in [-0.05, 0) is 24.5 Å². The predicted octanol–water partition coefficient (Wildman–Crippen LogP) is 0.864. The summed E-state index contributed by atoms with van der Waals surface area (Å²) in [6.07, 6.45) is 2.12. The number of nitrogens with one attached hydrogen (secondary N) is 2. The van der Waals surface area contributed by atoms with Gasteiger partial charge in [0.2, 0.25) is 5.96 Å². The molecule has 1 aromatic carbocycles. The van der Waals surface area contributed by atoms with E-state index in [0.717, 1.165) is 25.1 Å². The summed E-state index contributed by atoms with van der Waals surface area (Å²) in [4.78, 5) is 4.27. The van der Waals surface area contributed by atoms with Crippen LogP contribution in [-0.2, 0) is 6.42 Å². The lowest BCUT2D eigenvalue weighted by Crippen LogP contribution is -2.37. The number of benzene rings is 1. The van der Waals surface area contributed by atoms with Gasteiger partial charge in [0, 0.05) is 12.2 Å². The molecule has 1 aliphatic rings. The number of nitrogens with zero attached hydrogens (tertiary/aromatic N) is 1. The number of hydrogen-bond donors (Lipinski definition) is 3. The molecule has 0 fully saturated rings. The Hall–Kier alpha value is -1.55. The van der Waals surface area contributed by atoms with Crippen LogP contribution in [0.3, 0.4) is 0 Å². The van der Waals surface area contributed by atoms with Gasteiger partial charge in [-0.3, -0.25) is 10.4 Å². The van der Waals surface area contributed by atoms with E-state index in [1.54, 1.807) is 0 Å². The molecule has 74 valence electrons. The fourth-order valence-electron chi connectivity index (χ4n) is 1.57. The Morgan fingerprint density at radius 1 is 1.36 bits per heavy atom. The van der Waals surface area contributed by atoms with Gasteiger partial charge in [-0.15, -0.1) is 0 Å². The first-order chi connectivity index (χ1) is 6.90. The van der Waals surface area contributed by atoms with Crippen LogP contribution < -0.4 is 16.6 Å². The smallest absolute Gasteiger partial charge is 0.210 e. The van der Waals surface area contributed by atoms with E-state index in [-0.39, 0.29) is 0 Å². The Morgan fingerprint density at radius 2 is 2.21 bits per heavy atom. The van der Waals surface area contributed by atoms with E-state index in [1.807, 2.05) is 12.1 Å². The standard InChI is InChI=1S/C10H14N4/c11-14-10-12-7-3-5-8-4-1-2-6-9(8)13-10/h1-2,4,6H,3,5,7,11H2,(H2,12,13,14). The van der Waals surface area contributed by atoms with E-state index in [9.17, 15) is 0 Å². The molecule has 4 nitrogen and oxygen atoms in total. The fourth-order valence-corrected chi connectivity index (χ4v) is 1.57. The highest BCUT2D eigenvalue weighted by atomic mass is 15.3. The third-order valence-electron chi connectivity index (χ3n) is 2.28. The number of guanidine groups is 1. The van der Waals surface area contributed by atoms with Crippen molar-refractivity contribution >= 4 is 11.6 Å². The molecule has 0 aliphatic carbocycles. The lowest BCUT2D eigenvalue weighted by Gasteiger charge is -2.15. The van der Waals surface area contributed by atoms with Crippen molar-refractivity contribution in [3.05, 3.63) is 29.8 Å². The molecular formula is C10H14N4. The number of aryl methyl sites for hydroxylation is 1. The summed E-state index contributed by atoms with van der Waals surface area (Å²) in [6, 6.07) is 8.21. The van der Waals surface area contributed by atoms with Gasteiger partial charge >= 0.3 is 0 Å². The third kappa shape index (κ3) is 1.85. The number of anilines is 1. The molecule has 1 aromatic rings. The van der Waals surface area contributed by atoms with Crippen LogP contribution in [0.4, 0.5) is 5.69 Å². The summed E-state index contributed by atoms with van der Waals surface area (Å²) in [5.41, 5.74) is 4.95. The van der Waals surface area contributed by atoms with Gasteiger partial charge in [0.25, 0.3) is 0 Å². The molecular weight excluding hydrogens is 176 g/mol. The molecule has 0 amide bonds. The Bertz CT molecular complexity index is 346. The summed E-state index contributed by atoms with van der Waals surface area (Å²) in [5, 5.41) is 3.16. The molecule has 0 atom stereocenters. The van der Waals surface area contributed by atoms with Crippen LogP contribution in [0, 0.1) is 0 Å². The number of hydrogen-bond acceptors (Lipinski definition) is 4. The Labute approximate surface area is 83.2 Å². The predicted molar refractivity (Wildman–Crippen MR) is 58.0 cm³/mol. The Balaban J connectivity index is 2.29. The van der Waals surface area contributed by atoms with E-state index >= 15 is 0 Å². The van der Waals surface area contributed by atoms with Crippen LogP contribution in [0.1, 0.15) is 12.0 Å². The topological polar surface area (TPSA) is 62.4 Å².